The van der Waals surface area contributed by atoms with E-state index in [1.165, 1.54) is 0 Å². The molecule has 0 aliphatic carbocycles. The molecule has 0 N–H and O–H groups in total. The molecule has 0 bridgehead atoms. The van der Waals surface area contributed by atoms with Gasteiger partial charge in [0.1, 0.15) is 0 Å². The summed E-state index contributed by atoms with van der Waals surface area (Å²) in [5.41, 5.74) is -0.0116. The fraction of sp³-hybridized carbons (Fsp3) is 0.800. The zero-order chi connectivity index (χ0) is 6.69. The first-order valence-corrected chi connectivity index (χ1v) is 3.87. The van der Waals surface area contributed by atoms with E-state index in [2.05, 4.69) is 5.32 Å². The third kappa shape index (κ3) is 1.78. The van der Waals surface area contributed by atoms with Crippen molar-refractivity contribution in [1.82, 2.24) is 5.32 Å². The second-order valence-electron chi connectivity index (χ2n) is 1.61. The van der Waals surface area contributed by atoms with Crippen molar-refractivity contribution in [3.8, 4) is 0 Å². The third-order valence-electron chi connectivity index (χ3n) is 0.954. The first-order chi connectivity index (χ1) is 4.33. The summed E-state index contributed by atoms with van der Waals surface area (Å²) in [4.78, 5) is 10.3. The van der Waals surface area contributed by atoms with Gasteiger partial charge in [0.2, 0.25) is 0 Å². The molecular weight excluding hydrogens is 138 g/mol. The van der Waals surface area contributed by atoms with E-state index in [9.17, 15) is 4.79 Å². The Balaban J connectivity index is 2.22. The number of amides is 1. The van der Waals surface area contributed by atoms with Crippen LogP contribution in [0.2, 0.25) is 0 Å². The Morgan fingerprint density at radius 1 is 2.00 bits per heavy atom. The summed E-state index contributed by atoms with van der Waals surface area (Å²) >= 11 is 1.61. The lowest BCUT2D eigenvalue weighted by molar-refractivity contribution is 0.169. The van der Waals surface area contributed by atoms with Gasteiger partial charge in [0.25, 0.3) is 0 Å². The Morgan fingerprint density at radius 2 is 2.78 bits per heavy atom. The van der Waals surface area contributed by atoms with E-state index in [1.54, 1.807) is 11.8 Å². The summed E-state index contributed by atoms with van der Waals surface area (Å²) in [5.74, 6) is 0.966. The maximum absolute atomic E-state index is 10.3. The van der Waals surface area contributed by atoms with Crippen LogP contribution < -0.4 is 5.32 Å². The molecule has 1 saturated heterocycles. The number of carbonyl (C=O) groups is 1. The highest BCUT2D eigenvalue weighted by molar-refractivity contribution is 7.99. The number of rotatable bonds is 2. The van der Waals surface area contributed by atoms with Crippen molar-refractivity contribution < 1.29 is 9.53 Å². The normalized spacial score (nSPS) is 25.4. The van der Waals surface area contributed by atoms with Crippen LogP contribution in [0, 0.1) is 0 Å². The number of thioether (sulfide) groups is 1. The molecule has 9 heavy (non-hydrogen) atoms. The van der Waals surface area contributed by atoms with Gasteiger partial charge >= 0.3 is 6.09 Å². The maximum Gasteiger partial charge on any atom is 0.430 e. The van der Waals surface area contributed by atoms with Gasteiger partial charge in [-0.25, -0.2) is 10.1 Å². The van der Waals surface area contributed by atoms with E-state index in [0.717, 1.165) is 5.75 Å². The van der Waals surface area contributed by atoms with Gasteiger partial charge in [0, 0.05) is 0 Å². The van der Waals surface area contributed by atoms with Crippen LogP contribution in [-0.4, -0.2) is 23.8 Å². The highest BCUT2D eigenvalue weighted by Crippen LogP contribution is 2.15. The monoisotopic (exact) mass is 146 g/mol. The lowest BCUT2D eigenvalue weighted by Crippen LogP contribution is -2.05. The van der Waals surface area contributed by atoms with E-state index in [4.69, 9.17) is 4.74 Å². The van der Waals surface area contributed by atoms with Crippen molar-refractivity contribution in [2.75, 3.05) is 12.3 Å². The molecule has 0 aromatic heterocycles. The molecule has 1 radical (unpaired) electrons. The van der Waals surface area contributed by atoms with Crippen molar-refractivity contribution in [1.29, 1.82) is 0 Å². The molecule has 4 heteroatoms. The molecule has 1 aliphatic heterocycles. The zero-order valence-electron chi connectivity index (χ0n) is 5.16. The van der Waals surface area contributed by atoms with Gasteiger partial charge in [-0.05, 0) is 5.75 Å². The van der Waals surface area contributed by atoms with Crippen LogP contribution in [0.3, 0.4) is 0 Å². The number of nitrogens with zero attached hydrogens (tertiary/aromatic N) is 1. The summed E-state index contributed by atoms with van der Waals surface area (Å²) in [6.07, 6.45) is -0.416. The SMILES string of the molecule is CCSC1C[N]C(=O)O1. The molecule has 1 rings (SSSR count). The summed E-state index contributed by atoms with van der Waals surface area (Å²) in [6, 6.07) is 0. The number of cyclic esters (lactones) is 1. The van der Waals surface area contributed by atoms with Gasteiger partial charge in [-0.2, -0.15) is 0 Å². The standard InChI is InChI=1S/C5H8NO2S/c1-2-9-4-3-6-5(7)8-4/h4H,2-3H2,1H3. The minimum Gasteiger partial charge on any atom is -0.432 e. The second kappa shape index (κ2) is 2.96. The molecule has 1 atom stereocenters. The fourth-order valence-electron chi connectivity index (χ4n) is 0.609. The van der Waals surface area contributed by atoms with Gasteiger partial charge in [-0.1, -0.05) is 6.92 Å². The Hall–Kier alpha value is -0.380. The van der Waals surface area contributed by atoms with Crippen LogP contribution in [-0.2, 0) is 4.74 Å². The third-order valence-corrected chi connectivity index (χ3v) is 1.90. The summed E-state index contributed by atoms with van der Waals surface area (Å²) in [6.45, 7) is 2.55. The number of hydrogen-bond acceptors (Lipinski definition) is 3. The summed E-state index contributed by atoms with van der Waals surface area (Å²) < 4.78 is 4.76. The molecule has 0 spiro atoms. The topological polar surface area (TPSA) is 40.4 Å². The van der Waals surface area contributed by atoms with Crippen LogP contribution in [0.25, 0.3) is 0 Å². The highest BCUT2D eigenvalue weighted by atomic mass is 32.2. The first kappa shape index (κ1) is 6.74. The fourth-order valence-corrected chi connectivity index (χ4v) is 1.31. The van der Waals surface area contributed by atoms with Gasteiger partial charge in [0.05, 0.1) is 6.54 Å². The van der Waals surface area contributed by atoms with Crippen molar-refractivity contribution in [2.45, 2.75) is 12.4 Å². The minimum atomic E-state index is -0.416. The van der Waals surface area contributed by atoms with Crippen LogP contribution in [0.5, 0.6) is 0 Å². The van der Waals surface area contributed by atoms with Crippen molar-refractivity contribution in [3.63, 3.8) is 0 Å². The van der Waals surface area contributed by atoms with E-state index in [0.29, 0.717) is 6.54 Å². The van der Waals surface area contributed by atoms with E-state index in [-0.39, 0.29) is 5.44 Å². The molecular formula is C5H8NO2S. The summed E-state index contributed by atoms with van der Waals surface area (Å²) in [5, 5.41) is 3.55. The van der Waals surface area contributed by atoms with E-state index in [1.807, 2.05) is 6.92 Å². The average molecular weight is 146 g/mol. The number of carbonyl (C=O) groups excluding carboxylic acids is 1. The quantitative estimate of drug-likeness (QED) is 0.579. The lowest BCUT2D eigenvalue weighted by Gasteiger charge is -2.01. The van der Waals surface area contributed by atoms with E-state index < -0.39 is 6.09 Å². The Kier molecular flexibility index (Phi) is 2.22. The largest absolute Gasteiger partial charge is 0.432 e. The Morgan fingerprint density at radius 3 is 3.22 bits per heavy atom. The minimum absolute atomic E-state index is 0.0116. The Bertz CT molecular complexity index is 118. The molecule has 1 amide bonds. The van der Waals surface area contributed by atoms with Crippen molar-refractivity contribution in [2.24, 2.45) is 0 Å². The van der Waals surface area contributed by atoms with Crippen LogP contribution in [0.1, 0.15) is 6.92 Å². The second-order valence-corrected chi connectivity index (χ2v) is 3.05. The maximum atomic E-state index is 10.3. The van der Waals surface area contributed by atoms with E-state index >= 15 is 0 Å². The molecule has 51 valence electrons. The molecule has 1 fully saturated rings. The van der Waals surface area contributed by atoms with Gasteiger partial charge in [-0.15, -0.1) is 11.8 Å². The van der Waals surface area contributed by atoms with Gasteiger partial charge < -0.3 is 4.74 Å². The first-order valence-electron chi connectivity index (χ1n) is 2.82. The van der Waals surface area contributed by atoms with Crippen LogP contribution in [0.15, 0.2) is 0 Å². The lowest BCUT2D eigenvalue weighted by atomic mass is 10.7. The highest BCUT2D eigenvalue weighted by Gasteiger charge is 2.23. The smallest absolute Gasteiger partial charge is 0.430 e. The molecule has 1 unspecified atom stereocenters. The van der Waals surface area contributed by atoms with Crippen LogP contribution >= 0.6 is 11.8 Å². The van der Waals surface area contributed by atoms with Crippen LogP contribution in [0.4, 0.5) is 4.79 Å². The molecule has 3 nitrogen and oxygen atoms in total. The molecule has 1 aliphatic rings. The zero-order valence-corrected chi connectivity index (χ0v) is 5.98. The van der Waals surface area contributed by atoms with Crippen molar-refractivity contribution in [3.05, 3.63) is 0 Å². The van der Waals surface area contributed by atoms with Gasteiger partial charge in [-0.3, -0.25) is 0 Å². The Labute approximate surface area is 58.1 Å². The van der Waals surface area contributed by atoms with Gasteiger partial charge in [0.15, 0.2) is 5.44 Å². The molecule has 1 heterocycles. The van der Waals surface area contributed by atoms with Crippen molar-refractivity contribution >= 4 is 17.9 Å². The molecule has 0 aromatic carbocycles. The molecule has 0 aromatic rings. The number of hydrogen-bond donors (Lipinski definition) is 0. The number of ether oxygens (including phenoxy) is 1. The predicted octanol–water partition coefficient (Wildman–Crippen LogP) is 0.820. The average Bonchev–Trinajstić information content (AvgIpc) is 2.17. The predicted molar refractivity (Wildman–Crippen MR) is 35.4 cm³/mol. The molecule has 0 saturated carbocycles. The summed E-state index contributed by atoms with van der Waals surface area (Å²) in [7, 11) is 0.